The molecule has 11 heteroatoms. The molecular formula is C14H14F3N3O4S. The van der Waals surface area contributed by atoms with Gasteiger partial charge in [0.2, 0.25) is 15.9 Å². The van der Waals surface area contributed by atoms with Gasteiger partial charge in [0.15, 0.2) is 5.82 Å². The molecule has 0 radical (unpaired) electrons. The van der Waals surface area contributed by atoms with Crippen LogP contribution < -0.4 is 9.62 Å². The first kappa shape index (κ1) is 18.8. The second-order valence-corrected chi connectivity index (χ2v) is 7.10. The highest BCUT2D eigenvalue weighted by atomic mass is 32.2. The number of nitrogens with zero attached hydrogens (tertiary/aromatic N) is 2. The molecule has 0 spiro atoms. The second-order valence-electron chi connectivity index (χ2n) is 5.19. The van der Waals surface area contributed by atoms with E-state index in [1.54, 1.807) is 6.92 Å². The molecule has 0 atom stereocenters. The quantitative estimate of drug-likeness (QED) is 0.864. The number of halogens is 3. The van der Waals surface area contributed by atoms with E-state index >= 15 is 0 Å². The van der Waals surface area contributed by atoms with Crippen molar-refractivity contribution in [1.82, 2.24) is 5.16 Å². The van der Waals surface area contributed by atoms with Crippen molar-refractivity contribution < 1.29 is 30.9 Å². The van der Waals surface area contributed by atoms with Gasteiger partial charge in [0, 0.05) is 11.8 Å². The van der Waals surface area contributed by atoms with E-state index in [1.165, 1.54) is 6.07 Å². The number of carbonyl (C=O) groups is 1. The van der Waals surface area contributed by atoms with Gasteiger partial charge < -0.3 is 9.84 Å². The van der Waals surface area contributed by atoms with Gasteiger partial charge in [-0.15, -0.1) is 0 Å². The molecule has 2 rings (SSSR count). The van der Waals surface area contributed by atoms with Crippen molar-refractivity contribution in [3.63, 3.8) is 0 Å². The van der Waals surface area contributed by atoms with Crippen LogP contribution in [0.1, 0.15) is 11.3 Å². The summed E-state index contributed by atoms with van der Waals surface area (Å²) in [6.07, 6.45) is -3.59. The molecule has 2 aromatic rings. The lowest BCUT2D eigenvalue weighted by Crippen LogP contribution is -2.37. The van der Waals surface area contributed by atoms with Crippen molar-refractivity contribution in [2.45, 2.75) is 13.1 Å². The second kappa shape index (κ2) is 6.75. The van der Waals surface area contributed by atoms with Crippen molar-refractivity contribution in [3.05, 3.63) is 41.7 Å². The smallest absolute Gasteiger partial charge is 0.360 e. The van der Waals surface area contributed by atoms with Crippen LogP contribution in [-0.2, 0) is 21.0 Å². The first-order valence-corrected chi connectivity index (χ1v) is 8.70. The van der Waals surface area contributed by atoms with E-state index < -0.39 is 34.2 Å². The molecule has 0 aliphatic rings. The topological polar surface area (TPSA) is 92.5 Å². The van der Waals surface area contributed by atoms with Crippen LogP contribution in [0.4, 0.5) is 24.7 Å². The summed E-state index contributed by atoms with van der Waals surface area (Å²) in [6, 6.07) is 5.11. The predicted molar refractivity (Wildman–Crippen MR) is 83.5 cm³/mol. The van der Waals surface area contributed by atoms with Crippen LogP contribution in [-0.4, -0.2) is 32.3 Å². The number of benzene rings is 1. The van der Waals surface area contributed by atoms with Crippen molar-refractivity contribution in [2.75, 3.05) is 22.4 Å². The van der Waals surface area contributed by atoms with E-state index in [4.69, 9.17) is 4.52 Å². The summed E-state index contributed by atoms with van der Waals surface area (Å²) in [5.74, 6) is -0.458. The number of hydrogen-bond acceptors (Lipinski definition) is 5. The maximum atomic E-state index is 12.5. The number of aromatic nitrogens is 1. The average molecular weight is 377 g/mol. The van der Waals surface area contributed by atoms with Crippen molar-refractivity contribution in [2.24, 2.45) is 0 Å². The molecule has 0 saturated heterocycles. The summed E-state index contributed by atoms with van der Waals surface area (Å²) in [7, 11) is -3.82. The molecule has 0 fully saturated rings. The monoisotopic (exact) mass is 377 g/mol. The number of sulfonamides is 1. The number of aryl methyl sites for hydroxylation is 1. The largest absolute Gasteiger partial charge is 0.416 e. The number of rotatable bonds is 5. The molecule has 0 bridgehead atoms. The van der Waals surface area contributed by atoms with Gasteiger partial charge >= 0.3 is 6.18 Å². The van der Waals surface area contributed by atoms with Gasteiger partial charge in [0.25, 0.3) is 0 Å². The van der Waals surface area contributed by atoms with Crippen molar-refractivity contribution in [1.29, 1.82) is 0 Å². The van der Waals surface area contributed by atoms with Gasteiger partial charge in [0.05, 0.1) is 11.8 Å². The minimum Gasteiger partial charge on any atom is -0.360 e. The number of nitrogens with one attached hydrogen (secondary N) is 1. The molecular weight excluding hydrogens is 363 g/mol. The highest BCUT2D eigenvalue weighted by molar-refractivity contribution is 7.92. The van der Waals surface area contributed by atoms with Crippen molar-refractivity contribution in [3.8, 4) is 0 Å². The van der Waals surface area contributed by atoms with Crippen LogP contribution in [0.5, 0.6) is 0 Å². The molecule has 1 aromatic heterocycles. The van der Waals surface area contributed by atoms with Crippen LogP contribution in [0.3, 0.4) is 0 Å². The molecule has 1 aromatic carbocycles. The fraction of sp³-hybridized carbons (Fsp3) is 0.286. The Kier molecular flexibility index (Phi) is 5.07. The molecule has 7 nitrogen and oxygen atoms in total. The van der Waals surface area contributed by atoms with Gasteiger partial charge in [-0.2, -0.15) is 13.2 Å². The summed E-state index contributed by atoms with van der Waals surface area (Å²) in [5.41, 5.74) is -0.760. The first-order valence-electron chi connectivity index (χ1n) is 6.85. The standard InChI is InChI=1S/C14H14F3N3O4S/c1-9-7-12(19-24-9)20(25(2,22)23)8-13(21)18-11-5-3-10(4-6-11)14(15,16)17/h3-7H,8H2,1-2H3,(H,18,21). The van der Waals surface area contributed by atoms with E-state index in [1.807, 2.05) is 0 Å². The highest BCUT2D eigenvalue weighted by Gasteiger charge is 2.30. The Morgan fingerprint density at radius 1 is 1.28 bits per heavy atom. The molecule has 0 aliphatic heterocycles. The number of carbonyl (C=O) groups excluding carboxylic acids is 1. The molecule has 1 heterocycles. The summed E-state index contributed by atoms with van der Waals surface area (Å²) in [4.78, 5) is 12.0. The minimum atomic E-state index is -4.49. The Bertz CT molecular complexity index is 860. The number of anilines is 2. The zero-order valence-electron chi connectivity index (χ0n) is 13.2. The van der Waals surface area contributed by atoms with Gasteiger partial charge in [-0.3, -0.25) is 4.79 Å². The van der Waals surface area contributed by atoms with Gasteiger partial charge in [-0.25, -0.2) is 12.7 Å². The lowest BCUT2D eigenvalue weighted by molar-refractivity contribution is -0.137. The third kappa shape index (κ3) is 4.95. The lowest BCUT2D eigenvalue weighted by Gasteiger charge is -2.18. The highest BCUT2D eigenvalue weighted by Crippen LogP contribution is 2.29. The maximum Gasteiger partial charge on any atom is 0.416 e. The zero-order chi connectivity index (χ0) is 18.8. The van der Waals surface area contributed by atoms with E-state index in [0.717, 1.165) is 34.8 Å². The summed E-state index contributed by atoms with van der Waals surface area (Å²) >= 11 is 0. The molecule has 1 N–H and O–H groups in total. The molecule has 0 saturated carbocycles. The Labute approximate surface area is 141 Å². The van der Waals surface area contributed by atoms with E-state index in [9.17, 15) is 26.4 Å². The normalized spacial score (nSPS) is 12.0. The number of amides is 1. The maximum absolute atomic E-state index is 12.5. The predicted octanol–water partition coefficient (Wildman–Crippen LogP) is 2.41. The molecule has 136 valence electrons. The van der Waals surface area contributed by atoms with Crippen molar-refractivity contribution >= 4 is 27.4 Å². The van der Waals surface area contributed by atoms with Crippen LogP contribution in [0, 0.1) is 6.92 Å². The zero-order valence-corrected chi connectivity index (χ0v) is 14.0. The Morgan fingerprint density at radius 3 is 2.32 bits per heavy atom. The van der Waals surface area contributed by atoms with Crippen LogP contribution >= 0.6 is 0 Å². The van der Waals surface area contributed by atoms with Gasteiger partial charge in [0.1, 0.15) is 12.3 Å². The third-order valence-electron chi connectivity index (χ3n) is 3.05. The van der Waals surface area contributed by atoms with Gasteiger partial charge in [-0.1, -0.05) is 5.16 Å². The Balaban J connectivity index is 2.12. The number of hydrogen-bond donors (Lipinski definition) is 1. The van der Waals surface area contributed by atoms with E-state index in [0.29, 0.717) is 5.76 Å². The van der Waals surface area contributed by atoms with Crippen LogP contribution in [0.25, 0.3) is 0 Å². The fourth-order valence-corrected chi connectivity index (χ4v) is 2.69. The van der Waals surface area contributed by atoms with E-state index in [-0.39, 0.29) is 11.5 Å². The molecule has 25 heavy (non-hydrogen) atoms. The Hall–Kier alpha value is -2.56. The summed E-state index contributed by atoms with van der Waals surface area (Å²) < 4.78 is 66.7. The lowest BCUT2D eigenvalue weighted by atomic mass is 10.2. The molecule has 0 unspecified atom stereocenters. The first-order chi connectivity index (χ1) is 11.5. The SMILES string of the molecule is Cc1cc(N(CC(=O)Nc2ccc(C(F)(F)F)cc2)S(C)(=O)=O)no1. The third-order valence-corrected chi connectivity index (χ3v) is 4.17. The average Bonchev–Trinajstić information content (AvgIpc) is 2.89. The minimum absolute atomic E-state index is 0.0671. The fourth-order valence-electron chi connectivity index (χ4n) is 1.91. The summed E-state index contributed by atoms with van der Waals surface area (Å²) in [6.45, 7) is 0.949. The summed E-state index contributed by atoms with van der Waals surface area (Å²) in [5, 5.41) is 5.88. The van der Waals surface area contributed by atoms with Crippen LogP contribution in [0.15, 0.2) is 34.9 Å². The van der Waals surface area contributed by atoms with Crippen LogP contribution in [0.2, 0.25) is 0 Å². The van der Waals surface area contributed by atoms with Gasteiger partial charge in [-0.05, 0) is 31.2 Å². The number of alkyl halides is 3. The molecule has 1 amide bonds. The van der Waals surface area contributed by atoms with E-state index in [2.05, 4.69) is 10.5 Å². The Morgan fingerprint density at radius 2 is 1.88 bits per heavy atom. The molecule has 0 aliphatic carbocycles.